The average Bonchev–Trinajstić information content (AvgIpc) is 3.68. The minimum Gasteiger partial charge on any atom is -0.465 e. The number of rotatable bonds is 9. The zero-order valence-electron chi connectivity index (χ0n) is 22.4. The summed E-state index contributed by atoms with van der Waals surface area (Å²) in [6.07, 6.45) is 3.21. The molecule has 1 aromatic carbocycles. The zero-order chi connectivity index (χ0) is 25.5. The molecule has 0 bridgehead atoms. The van der Waals surface area contributed by atoms with Gasteiger partial charge in [0.25, 0.3) is 0 Å². The second kappa shape index (κ2) is 9.97. The molecule has 5 rings (SSSR count). The molecule has 2 saturated heterocycles. The third-order valence-electron chi connectivity index (χ3n) is 8.33. The van der Waals surface area contributed by atoms with Crippen molar-refractivity contribution in [2.45, 2.75) is 64.5 Å². The molecule has 3 unspecified atom stereocenters. The van der Waals surface area contributed by atoms with Gasteiger partial charge in [-0.05, 0) is 64.4 Å². The van der Waals surface area contributed by atoms with E-state index in [2.05, 4.69) is 39.0 Å². The number of nitrogens with zero attached hydrogens (tertiary/aromatic N) is 3. The Bertz CT molecular complexity index is 928. The van der Waals surface area contributed by atoms with E-state index in [0.717, 1.165) is 45.7 Å². The van der Waals surface area contributed by atoms with Crippen molar-refractivity contribution in [3.63, 3.8) is 0 Å². The maximum Gasteiger partial charge on any atom is 0.410 e. The molecular formula is C29H43N3O4. The van der Waals surface area contributed by atoms with Crippen LogP contribution in [-0.2, 0) is 14.3 Å². The molecular weight excluding hydrogens is 454 g/mol. The van der Waals surface area contributed by atoms with Gasteiger partial charge in [-0.15, -0.1) is 0 Å². The third-order valence-corrected chi connectivity index (χ3v) is 8.33. The van der Waals surface area contributed by atoms with Gasteiger partial charge in [0, 0.05) is 56.6 Å². The maximum atomic E-state index is 13.3. The quantitative estimate of drug-likeness (QED) is 0.481. The highest BCUT2D eigenvalue weighted by molar-refractivity contribution is 5.71. The van der Waals surface area contributed by atoms with Crippen molar-refractivity contribution >= 4 is 12.1 Å². The predicted molar refractivity (Wildman–Crippen MR) is 139 cm³/mol. The molecule has 4 aliphatic rings. The summed E-state index contributed by atoms with van der Waals surface area (Å²) in [5.74, 6) is 1.56. The molecule has 1 amide bonds. The van der Waals surface area contributed by atoms with Gasteiger partial charge in [0.1, 0.15) is 5.60 Å². The molecule has 2 saturated carbocycles. The average molecular weight is 498 g/mol. The third kappa shape index (κ3) is 6.05. The highest BCUT2D eigenvalue weighted by Gasteiger charge is 2.53. The predicted octanol–water partition coefficient (Wildman–Crippen LogP) is 3.99. The number of benzene rings is 1. The molecule has 7 nitrogen and oxygen atoms in total. The molecule has 4 fully saturated rings. The van der Waals surface area contributed by atoms with E-state index in [1.807, 2.05) is 33.8 Å². The van der Waals surface area contributed by atoms with Crippen LogP contribution in [-0.4, -0.2) is 90.8 Å². The second-order valence-electron chi connectivity index (χ2n) is 12.6. The number of hydrogen-bond donors (Lipinski definition) is 0. The van der Waals surface area contributed by atoms with Crippen LogP contribution in [0.4, 0.5) is 4.79 Å². The Balaban J connectivity index is 1.18. The van der Waals surface area contributed by atoms with Crippen LogP contribution in [0.25, 0.3) is 0 Å². The van der Waals surface area contributed by atoms with Crippen molar-refractivity contribution in [2.24, 2.45) is 17.3 Å². The minimum atomic E-state index is -0.495. The number of fused-ring (bicyclic) bond motifs is 1. The number of carbonyl (C=O) groups excluding carboxylic acids is 2. The zero-order valence-corrected chi connectivity index (χ0v) is 22.4. The fraction of sp³-hybridized carbons (Fsp3) is 0.724. The van der Waals surface area contributed by atoms with E-state index in [1.54, 1.807) is 0 Å². The lowest BCUT2D eigenvalue weighted by atomic mass is 10.0. The Kier molecular flexibility index (Phi) is 7.07. The number of amides is 1. The second-order valence-corrected chi connectivity index (χ2v) is 12.6. The Morgan fingerprint density at radius 2 is 1.67 bits per heavy atom. The van der Waals surface area contributed by atoms with Gasteiger partial charge in [-0.3, -0.25) is 9.69 Å². The van der Waals surface area contributed by atoms with Crippen molar-refractivity contribution < 1.29 is 19.1 Å². The first-order valence-electron chi connectivity index (χ1n) is 13.8. The van der Waals surface area contributed by atoms with E-state index < -0.39 is 5.60 Å². The number of likely N-dealkylation sites (tertiary alicyclic amines) is 2. The molecule has 36 heavy (non-hydrogen) atoms. The van der Waals surface area contributed by atoms with Crippen molar-refractivity contribution in [3.8, 4) is 0 Å². The summed E-state index contributed by atoms with van der Waals surface area (Å²) in [5.41, 5.74) is 1.01. The number of esters is 1. The van der Waals surface area contributed by atoms with Crippen LogP contribution in [0.3, 0.4) is 0 Å². The molecule has 2 heterocycles. The van der Waals surface area contributed by atoms with Crippen molar-refractivity contribution in [2.75, 3.05) is 52.4 Å². The SMILES string of the molecule is CCOC(=O)CN1CC2CN(CC3(CN(C(=O)OC(C)(C)C)C4C[C@@H]4c4ccccc4)CC3)CC2C1. The Hall–Kier alpha value is -2.12. The first-order chi connectivity index (χ1) is 17.1. The largest absolute Gasteiger partial charge is 0.465 e. The summed E-state index contributed by atoms with van der Waals surface area (Å²) < 4.78 is 11.0. The topological polar surface area (TPSA) is 62.3 Å². The van der Waals surface area contributed by atoms with Crippen LogP contribution >= 0.6 is 0 Å². The van der Waals surface area contributed by atoms with Gasteiger partial charge >= 0.3 is 12.1 Å². The summed E-state index contributed by atoms with van der Waals surface area (Å²) in [6, 6.07) is 10.8. The molecule has 7 heteroatoms. The molecule has 2 aliphatic carbocycles. The lowest BCUT2D eigenvalue weighted by Gasteiger charge is -2.33. The van der Waals surface area contributed by atoms with Crippen molar-refractivity contribution in [1.29, 1.82) is 0 Å². The van der Waals surface area contributed by atoms with E-state index in [1.165, 1.54) is 18.4 Å². The van der Waals surface area contributed by atoms with Gasteiger partial charge < -0.3 is 19.3 Å². The molecule has 1 aromatic rings. The Morgan fingerprint density at radius 3 is 2.25 bits per heavy atom. The molecule has 4 atom stereocenters. The summed E-state index contributed by atoms with van der Waals surface area (Å²) in [6.45, 7) is 14.6. The van der Waals surface area contributed by atoms with E-state index >= 15 is 0 Å². The van der Waals surface area contributed by atoms with Crippen LogP contribution in [0.2, 0.25) is 0 Å². The van der Waals surface area contributed by atoms with Gasteiger partial charge in [0.15, 0.2) is 0 Å². The summed E-state index contributed by atoms with van der Waals surface area (Å²) in [4.78, 5) is 32.2. The van der Waals surface area contributed by atoms with Gasteiger partial charge in [0.05, 0.1) is 13.2 Å². The first kappa shape index (κ1) is 25.5. The number of carbonyl (C=O) groups is 2. The van der Waals surface area contributed by atoms with Gasteiger partial charge in [-0.1, -0.05) is 30.3 Å². The number of ether oxygens (including phenoxy) is 2. The van der Waals surface area contributed by atoms with Crippen LogP contribution in [0, 0.1) is 17.3 Å². The first-order valence-corrected chi connectivity index (χ1v) is 13.8. The molecule has 0 N–H and O–H groups in total. The standard InChI is InChI=1S/C29H43N3O4/c1-5-35-26(33)18-30-14-22-16-31(17-23(22)15-30)19-29(11-12-29)20-32(27(34)36-28(2,3)4)25-13-24(25)21-9-7-6-8-10-21/h6-10,22-25H,5,11-20H2,1-4H3/t22?,23?,24-,25?/m1/s1. The maximum absolute atomic E-state index is 13.3. The van der Waals surface area contributed by atoms with Crippen molar-refractivity contribution in [1.82, 2.24) is 14.7 Å². The van der Waals surface area contributed by atoms with E-state index in [0.29, 0.717) is 30.9 Å². The normalized spacial score (nSPS) is 29.0. The van der Waals surface area contributed by atoms with Crippen LogP contribution in [0.5, 0.6) is 0 Å². The van der Waals surface area contributed by atoms with E-state index in [4.69, 9.17) is 9.47 Å². The minimum absolute atomic E-state index is 0.109. The molecule has 0 radical (unpaired) electrons. The lowest BCUT2D eigenvalue weighted by Crippen LogP contribution is -2.44. The highest BCUT2D eigenvalue weighted by Crippen LogP contribution is 2.52. The van der Waals surface area contributed by atoms with Crippen LogP contribution in [0.1, 0.15) is 58.4 Å². The van der Waals surface area contributed by atoms with Gasteiger partial charge in [-0.2, -0.15) is 0 Å². The molecule has 198 valence electrons. The Morgan fingerprint density at radius 1 is 1.03 bits per heavy atom. The van der Waals surface area contributed by atoms with Gasteiger partial charge in [0.2, 0.25) is 0 Å². The van der Waals surface area contributed by atoms with Crippen molar-refractivity contribution in [3.05, 3.63) is 35.9 Å². The molecule has 0 spiro atoms. The fourth-order valence-electron chi connectivity index (χ4n) is 6.44. The summed E-state index contributed by atoms with van der Waals surface area (Å²) in [7, 11) is 0. The smallest absolute Gasteiger partial charge is 0.410 e. The van der Waals surface area contributed by atoms with Crippen LogP contribution in [0.15, 0.2) is 30.3 Å². The Labute approximate surface area is 216 Å². The van der Waals surface area contributed by atoms with Gasteiger partial charge in [-0.25, -0.2) is 4.79 Å². The van der Waals surface area contributed by atoms with E-state index in [9.17, 15) is 9.59 Å². The lowest BCUT2D eigenvalue weighted by molar-refractivity contribution is -0.144. The van der Waals surface area contributed by atoms with E-state index in [-0.39, 0.29) is 23.5 Å². The highest BCUT2D eigenvalue weighted by atomic mass is 16.6. The molecule has 0 aromatic heterocycles. The number of hydrogen-bond acceptors (Lipinski definition) is 6. The fourth-order valence-corrected chi connectivity index (χ4v) is 6.44. The monoisotopic (exact) mass is 497 g/mol. The van der Waals surface area contributed by atoms with Crippen LogP contribution < -0.4 is 0 Å². The molecule has 2 aliphatic heterocycles. The summed E-state index contributed by atoms with van der Waals surface area (Å²) in [5, 5.41) is 0. The summed E-state index contributed by atoms with van der Waals surface area (Å²) >= 11 is 0.